The normalized spacial score (nSPS) is 13.8. The maximum absolute atomic E-state index is 11.7. The fraction of sp³-hybridized carbons (Fsp3) is 0.400. The first-order valence-electron chi connectivity index (χ1n) is 6.14. The Balaban J connectivity index is 2.69. The van der Waals surface area contributed by atoms with Gasteiger partial charge in [0.15, 0.2) is 0 Å². The second-order valence-electron chi connectivity index (χ2n) is 5.78. The van der Waals surface area contributed by atoms with Crippen LogP contribution in [0.3, 0.4) is 0 Å². The topological polar surface area (TPSA) is 53.1 Å². The number of hydrogen-bond donors (Lipinski definition) is 2. The molecule has 0 aliphatic rings. The zero-order valence-corrected chi connectivity index (χ0v) is 11.2. The molecule has 1 unspecified atom stereocenters. The largest absolute Gasteiger partial charge is 0.388 e. The van der Waals surface area contributed by atoms with E-state index in [9.17, 15) is 9.90 Å². The molecule has 0 amide bonds. The molecule has 3 nitrogen and oxygen atoms in total. The van der Waals surface area contributed by atoms with Crippen LogP contribution in [-0.4, -0.2) is 10.1 Å². The van der Waals surface area contributed by atoms with Crippen molar-refractivity contribution in [1.82, 2.24) is 4.98 Å². The van der Waals surface area contributed by atoms with Crippen molar-refractivity contribution < 1.29 is 5.11 Å². The van der Waals surface area contributed by atoms with Gasteiger partial charge < -0.3 is 10.1 Å². The summed E-state index contributed by atoms with van der Waals surface area (Å²) in [6, 6.07) is 7.79. The molecule has 0 aliphatic carbocycles. The van der Waals surface area contributed by atoms with Crippen LogP contribution in [0.1, 0.15) is 44.9 Å². The number of nitrogens with one attached hydrogen (secondary N) is 1. The maximum atomic E-state index is 11.7. The van der Waals surface area contributed by atoms with Crippen molar-refractivity contribution >= 4 is 10.9 Å². The Bertz CT molecular complexity index is 633. The van der Waals surface area contributed by atoms with Gasteiger partial charge in [0.25, 0.3) is 5.56 Å². The van der Waals surface area contributed by atoms with Gasteiger partial charge in [-0.05, 0) is 41.5 Å². The van der Waals surface area contributed by atoms with E-state index in [2.05, 4.69) is 31.8 Å². The summed E-state index contributed by atoms with van der Waals surface area (Å²) in [5, 5.41) is 10.5. The molecule has 0 fully saturated rings. The minimum atomic E-state index is -0.753. The summed E-state index contributed by atoms with van der Waals surface area (Å²) in [6.07, 6.45) is -0.753. The van der Waals surface area contributed by atoms with Gasteiger partial charge in [-0.15, -0.1) is 0 Å². The number of rotatable bonds is 1. The lowest BCUT2D eigenvalue weighted by molar-refractivity contribution is 0.198. The van der Waals surface area contributed by atoms with E-state index in [-0.39, 0.29) is 11.0 Å². The molecule has 3 heteroatoms. The van der Waals surface area contributed by atoms with E-state index in [4.69, 9.17) is 0 Å². The van der Waals surface area contributed by atoms with E-state index in [1.807, 2.05) is 12.1 Å². The van der Waals surface area contributed by atoms with Crippen LogP contribution in [-0.2, 0) is 5.41 Å². The minimum Gasteiger partial charge on any atom is -0.388 e. The number of fused-ring (bicyclic) bond motifs is 1. The number of pyridine rings is 1. The molecule has 0 saturated heterocycles. The Morgan fingerprint density at radius 1 is 1.22 bits per heavy atom. The minimum absolute atomic E-state index is 0.0648. The van der Waals surface area contributed by atoms with E-state index in [1.165, 1.54) is 5.56 Å². The summed E-state index contributed by atoms with van der Waals surface area (Å²) in [7, 11) is 0. The molecule has 0 radical (unpaired) electrons. The lowest BCUT2D eigenvalue weighted by Gasteiger charge is -2.19. The Labute approximate surface area is 106 Å². The van der Waals surface area contributed by atoms with E-state index < -0.39 is 6.10 Å². The summed E-state index contributed by atoms with van der Waals surface area (Å²) in [4.78, 5) is 14.5. The highest BCUT2D eigenvalue weighted by Crippen LogP contribution is 2.25. The summed E-state index contributed by atoms with van der Waals surface area (Å²) >= 11 is 0. The smallest absolute Gasteiger partial charge is 0.254 e. The van der Waals surface area contributed by atoms with E-state index in [0.717, 1.165) is 10.9 Å². The van der Waals surface area contributed by atoms with Crippen LogP contribution >= 0.6 is 0 Å². The Morgan fingerprint density at radius 2 is 1.89 bits per heavy atom. The van der Waals surface area contributed by atoms with Crippen LogP contribution in [0.15, 0.2) is 29.1 Å². The molecule has 96 valence electrons. The van der Waals surface area contributed by atoms with Gasteiger partial charge in [-0.3, -0.25) is 4.79 Å². The third kappa shape index (κ3) is 2.31. The van der Waals surface area contributed by atoms with Crippen molar-refractivity contribution in [3.8, 4) is 0 Å². The molecule has 1 aromatic heterocycles. The van der Waals surface area contributed by atoms with Gasteiger partial charge in [0, 0.05) is 11.1 Å². The fourth-order valence-electron chi connectivity index (χ4n) is 2.00. The summed E-state index contributed by atoms with van der Waals surface area (Å²) in [5.41, 5.74) is 2.26. The standard InChI is InChI=1S/C15H19NO2/c1-9(17)12-8-10-7-11(15(2,3)4)5-6-13(10)16-14(12)18/h5-9,17H,1-4H3,(H,16,18). The first kappa shape index (κ1) is 12.8. The number of hydrogen-bond acceptors (Lipinski definition) is 2. The molecule has 1 heterocycles. The van der Waals surface area contributed by atoms with Crippen LogP contribution in [0.2, 0.25) is 0 Å². The average Bonchev–Trinajstić information content (AvgIpc) is 2.25. The highest BCUT2D eigenvalue weighted by Gasteiger charge is 2.15. The molecule has 0 spiro atoms. The average molecular weight is 245 g/mol. The monoisotopic (exact) mass is 245 g/mol. The predicted molar refractivity (Wildman–Crippen MR) is 73.9 cm³/mol. The fourth-order valence-corrected chi connectivity index (χ4v) is 2.00. The van der Waals surface area contributed by atoms with Crippen molar-refractivity contribution in [2.24, 2.45) is 0 Å². The van der Waals surface area contributed by atoms with Crippen molar-refractivity contribution in [2.45, 2.75) is 39.2 Å². The van der Waals surface area contributed by atoms with Crippen LogP contribution in [0.25, 0.3) is 10.9 Å². The van der Waals surface area contributed by atoms with Crippen LogP contribution in [0.5, 0.6) is 0 Å². The highest BCUT2D eigenvalue weighted by molar-refractivity contribution is 5.80. The Morgan fingerprint density at radius 3 is 2.44 bits per heavy atom. The lowest BCUT2D eigenvalue weighted by Crippen LogP contribution is -2.15. The van der Waals surface area contributed by atoms with Crippen molar-refractivity contribution in [3.63, 3.8) is 0 Å². The third-order valence-corrected chi connectivity index (χ3v) is 3.19. The molecule has 0 bridgehead atoms. The molecule has 2 aromatic rings. The third-order valence-electron chi connectivity index (χ3n) is 3.19. The number of aromatic amines is 1. The highest BCUT2D eigenvalue weighted by atomic mass is 16.3. The molecule has 1 atom stereocenters. The quantitative estimate of drug-likeness (QED) is 0.811. The van der Waals surface area contributed by atoms with Crippen molar-refractivity contribution in [3.05, 3.63) is 45.7 Å². The second-order valence-corrected chi connectivity index (χ2v) is 5.78. The number of aliphatic hydroxyl groups is 1. The van der Waals surface area contributed by atoms with Crippen LogP contribution in [0.4, 0.5) is 0 Å². The Hall–Kier alpha value is -1.61. The van der Waals surface area contributed by atoms with Crippen LogP contribution < -0.4 is 5.56 Å². The zero-order chi connectivity index (χ0) is 13.5. The van der Waals surface area contributed by atoms with E-state index >= 15 is 0 Å². The van der Waals surface area contributed by atoms with Gasteiger partial charge in [-0.1, -0.05) is 26.8 Å². The molecule has 18 heavy (non-hydrogen) atoms. The number of H-pyrrole nitrogens is 1. The number of benzene rings is 1. The van der Waals surface area contributed by atoms with Crippen molar-refractivity contribution in [1.29, 1.82) is 0 Å². The molecule has 2 N–H and O–H groups in total. The zero-order valence-electron chi connectivity index (χ0n) is 11.2. The molecule has 1 aromatic carbocycles. The Kier molecular flexibility index (Phi) is 3.03. The SMILES string of the molecule is CC(O)c1cc2cc(C(C)(C)C)ccc2[nH]c1=O. The van der Waals surface area contributed by atoms with E-state index in [1.54, 1.807) is 13.0 Å². The molecular weight excluding hydrogens is 226 g/mol. The molecule has 0 aliphatic heterocycles. The number of aliphatic hydroxyl groups excluding tert-OH is 1. The van der Waals surface area contributed by atoms with Gasteiger partial charge in [0.05, 0.1) is 6.10 Å². The van der Waals surface area contributed by atoms with Gasteiger partial charge in [-0.25, -0.2) is 0 Å². The van der Waals surface area contributed by atoms with Gasteiger partial charge in [0.1, 0.15) is 0 Å². The van der Waals surface area contributed by atoms with Crippen molar-refractivity contribution in [2.75, 3.05) is 0 Å². The first-order chi connectivity index (χ1) is 8.29. The summed E-state index contributed by atoms with van der Waals surface area (Å²) in [5.74, 6) is 0. The van der Waals surface area contributed by atoms with Gasteiger partial charge >= 0.3 is 0 Å². The molecule has 2 rings (SSSR count). The van der Waals surface area contributed by atoms with Crippen LogP contribution in [0, 0.1) is 0 Å². The number of aromatic nitrogens is 1. The molecular formula is C15H19NO2. The van der Waals surface area contributed by atoms with Gasteiger partial charge in [-0.2, -0.15) is 0 Å². The first-order valence-corrected chi connectivity index (χ1v) is 6.14. The lowest BCUT2D eigenvalue weighted by atomic mass is 9.86. The van der Waals surface area contributed by atoms with Gasteiger partial charge in [0.2, 0.25) is 0 Å². The predicted octanol–water partition coefficient (Wildman–Crippen LogP) is 2.88. The maximum Gasteiger partial charge on any atom is 0.254 e. The molecule has 0 saturated carbocycles. The second kappa shape index (κ2) is 4.25. The van der Waals surface area contributed by atoms with E-state index in [0.29, 0.717) is 5.56 Å². The summed E-state index contributed by atoms with van der Waals surface area (Å²) in [6.45, 7) is 8.05. The summed E-state index contributed by atoms with van der Waals surface area (Å²) < 4.78 is 0.